The van der Waals surface area contributed by atoms with Crippen LogP contribution in [0.4, 0.5) is 0 Å². The van der Waals surface area contributed by atoms with Gasteiger partial charge in [0.2, 0.25) is 0 Å². The van der Waals surface area contributed by atoms with E-state index in [4.69, 9.17) is 16.3 Å². The highest BCUT2D eigenvalue weighted by Gasteiger charge is 2.53. The number of epoxide rings is 1. The van der Waals surface area contributed by atoms with Crippen LogP contribution in [0.1, 0.15) is 17.2 Å². The summed E-state index contributed by atoms with van der Waals surface area (Å²) in [6, 6.07) is 17.0. The minimum Gasteiger partial charge on any atom is -0.385 e. The van der Waals surface area contributed by atoms with Crippen molar-refractivity contribution in [1.82, 2.24) is 0 Å². The van der Waals surface area contributed by atoms with E-state index in [2.05, 4.69) is 0 Å². The molecule has 92 valence electrons. The lowest BCUT2D eigenvalue weighted by molar-refractivity contribution is 0.0730. The molecule has 0 aromatic heterocycles. The minimum absolute atomic E-state index is 0.542. The number of ether oxygens (including phenoxy) is 1. The lowest BCUT2D eigenvalue weighted by atomic mass is 9.89. The van der Waals surface area contributed by atoms with Crippen molar-refractivity contribution in [2.75, 3.05) is 6.61 Å². The monoisotopic (exact) mass is 260 g/mol. The first kappa shape index (κ1) is 11.7. The maximum absolute atomic E-state index is 10.5. The molecule has 0 aliphatic carbocycles. The molecule has 3 heteroatoms. The fourth-order valence-corrected chi connectivity index (χ4v) is 2.32. The van der Waals surface area contributed by atoms with Crippen LogP contribution in [0.3, 0.4) is 0 Å². The zero-order chi connectivity index (χ0) is 12.6. The van der Waals surface area contributed by atoms with E-state index in [1.165, 1.54) is 0 Å². The molecule has 1 aliphatic heterocycles. The van der Waals surface area contributed by atoms with Crippen LogP contribution in [0, 0.1) is 0 Å². The van der Waals surface area contributed by atoms with Gasteiger partial charge in [-0.1, -0.05) is 54.1 Å². The molecule has 0 radical (unpaired) electrons. The third kappa shape index (κ3) is 1.93. The fourth-order valence-electron chi connectivity index (χ4n) is 2.19. The molecule has 3 rings (SSSR count). The van der Waals surface area contributed by atoms with Crippen LogP contribution in [0.2, 0.25) is 5.02 Å². The molecule has 1 heterocycles. The van der Waals surface area contributed by atoms with Crippen LogP contribution < -0.4 is 0 Å². The number of benzene rings is 2. The molecule has 0 spiro atoms. The molecule has 1 aliphatic rings. The quantitative estimate of drug-likeness (QED) is 0.859. The van der Waals surface area contributed by atoms with Crippen LogP contribution in [0.25, 0.3) is 0 Å². The number of rotatable bonds is 3. The summed E-state index contributed by atoms with van der Waals surface area (Å²) in [5.74, 6) is 0. The van der Waals surface area contributed by atoms with Gasteiger partial charge in [-0.05, 0) is 23.3 Å². The van der Waals surface area contributed by atoms with E-state index in [0.717, 1.165) is 11.1 Å². The second kappa shape index (κ2) is 4.39. The van der Waals surface area contributed by atoms with Gasteiger partial charge in [-0.2, -0.15) is 0 Å². The van der Waals surface area contributed by atoms with Gasteiger partial charge in [0.1, 0.15) is 11.7 Å². The molecule has 2 nitrogen and oxygen atoms in total. The van der Waals surface area contributed by atoms with E-state index in [-0.39, 0.29) is 0 Å². The summed E-state index contributed by atoms with van der Waals surface area (Å²) in [6.07, 6.45) is -0.669. The third-order valence-electron chi connectivity index (χ3n) is 3.35. The molecule has 2 aromatic rings. The summed E-state index contributed by atoms with van der Waals surface area (Å²) in [6.45, 7) is 0.542. The normalized spacial score (nSPS) is 23.7. The van der Waals surface area contributed by atoms with Crippen molar-refractivity contribution >= 4 is 11.6 Å². The molecule has 18 heavy (non-hydrogen) atoms. The van der Waals surface area contributed by atoms with Gasteiger partial charge in [-0.15, -0.1) is 0 Å². The molecule has 1 saturated heterocycles. The molecule has 0 amide bonds. The summed E-state index contributed by atoms with van der Waals surface area (Å²) >= 11 is 5.85. The van der Waals surface area contributed by atoms with Crippen LogP contribution in [-0.4, -0.2) is 11.7 Å². The van der Waals surface area contributed by atoms with Crippen molar-refractivity contribution < 1.29 is 9.84 Å². The molecule has 1 N–H and O–H groups in total. The zero-order valence-electron chi connectivity index (χ0n) is 9.71. The number of halogens is 1. The van der Waals surface area contributed by atoms with Gasteiger partial charge in [-0.25, -0.2) is 0 Å². The predicted molar refractivity (Wildman–Crippen MR) is 70.5 cm³/mol. The van der Waals surface area contributed by atoms with E-state index in [1.54, 1.807) is 12.1 Å². The van der Waals surface area contributed by atoms with Crippen LogP contribution in [-0.2, 0) is 10.3 Å². The van der Waals surface area contributed by atoms with Crippen molar-refractivity contribution in [3.05, 3.63) is 70.7 Å². The van der Waals surface area contributed by atoms with E-state index in [1.807, 2.05) is 42.5 Å². The predicted octanol–water partition coefficient (Wildman–Crippen LogP) is 3.30. The van der Waals surface area contributed by atoms with Crippen LogP contribution in [0.5, 0.6) is 0 Å². The molecular weight excluding hydrogens is 248 g/mol. The SMILES string of the molecule is O[C@H](c1ccc(Cl)cc1)[C@@]1(c2ccccc2)CO1. The molecule has 1 fully saturated rings. The Labute approximate surface area is 111 Å². The fraction of sp³-hybridized carbons (Fsp3) is 0.200. The molecular formula is C15H13ClO2. The van der Waals surface area contributed by atoms with Gasteiger partial charge in [0, 0.05) is 5.02 Å². The first-order valence-corrected chi connectivity index (χ1v) is 6.23. The topological polar surface area (TPSA) is 32.8 Å². The largest absolute Gasteiger partial charge is 0.385 e. The third-order valence-corrected chi connectivity index (χ3v) is 3.60. The standard InChI is InChI=1S/C15H13ClO2/c16-13-8-6-11(7-9-13)14(17)15(10-18-15)12-4-2-1-3-5-12/h1-9,14,17H,10H2/t14-,15+/m1/s1. The van der Waals surface area contributed by atoms with Crippen molar-refractivity contribution in [2.45, 2.75) is 11.7 Å². The van der Waals surface area contributed by atoms with Gasteiger partial charge >= 0.3 is 0 Å². The maximum atomic E-state index is 10.5. The number of hydrogen-bond donors (Lipinski definition) is 1. The molecule has 0 bridgehead atoms. The highest BCUT2D eigenvalue weighted by molar-refractivity contribution is 6.30. The van der Waals surface area contributed by atoms with Crippen LogP contribution in [0.15, 0.2) is 54.6 Å². The van der Waals surface area contributed by atoms with Crippen molar-refractivity contribution in [2.24, 2.45) is 0 Å². The molecule has 2 aromatic carbocycles. The van der Waals surface area contributed by atoms with Gasteiger partial charge in [0.05, 0.1) is 6.61 Å². The Kier molecular flexibility index (Phi) is 2.86. The first-order chi connectivity index (χ1) is 8.72. The molecule has 0 saturated carbocycles. The Morgan fingerprint density at radius 3 is 2.22 bits per heavy atom. The highest BCUT2D eigenvalue weighted by atomic mass is 35.5. The second-order valence-corrected chi connectivity index (χ2v) is 4.93. The number of aliphatic hydroxyl groups excluding tert-OH is 1. The first-order valence-electron chi connectivity index (χ1n) is 5.85. The average Bonchev–Trinajstić information content (AvgIpc) is 3.21. The highest BCUT2D eigenvalue weighted by Crippen LogP contribution is 2.48. The molecule has 2 atom stereocenters. The Morgan fingerprint density at radius 1 is 1.06 bits per heavy atom. The Balaban J connectivity index is 1.93. The Morgan fingerprint density at radius 2 is 1.67 bits per heavy atom. The lowest BCUT2D eigenvalue weighted by Gasteiger charge is -2.20. The van der Waals surface area contributed by atoms with E-state index >= 15 is 0 Å². The van der Waals surface area contributed by atoms with Crippen molar-refractivity contribution in [3.8, 4) is 0 Å². The smallest absolute Gasteiger partial charge is 0.146 e. The van der Waals surface area contributed by atoms with E-state index < -0.39 is 11.7 Å². The summed E-state index contributed by atoms with van der Waals surface area (Å²) in [5, 5.41) is 11.2. The Bertz CT molecular complexity index is 532. The van der Waals surface area contributed by atoms with E-state index in [0.29, 0.717) is 11.6 Å². The van der Waals surface area contributed by atoms with Gasteiger partial charge in [0.25, 0.3) is 0 Å². The van der Waals surface area contributed by atoms with Gasteiger partial charge < -0.3 is 9.84 Å². The van der Waals surface area contributed by atoms with Crippen molar-refractivity contribution in [3.63, 3.8) is 0 Å². The van der Waals surface area contributed by atoms with Gasteiger partial charge in [-0.3, -0.25) is 0 Å². The maximum Gasteiger partial charge on any atom is 0.146 e. The lowest BCUT2D eigenvalue weighted by Crippen LogP contribution is -2.20. The average molecular weight is 261 g/mol. The summed E-state index contributed by atoms with van der Waals surface area (Å²) in [7, 11) is 0. The number of aliphatic hydroxyl groups is 1. The number of hydrogen-bond acceptors (Lipinski definition) is 2. The summed E-state index contributed by atoms with van der Waals surface area (Å²) in [5.41, 5.74) is 1.24. The van der Waals surface area contributed by atoms with E-state index in [9.17, 15) is 5.11 Å². The Hall–Kier alpha value is -1.35. The zero-order valence-corrected chi connectivity index (χ0v) is 10.5. The summed E-state index contributed by atoms with van der Waals surface area (Å²) in [4.78, 5) is 0. The van der Waals surface area contributed by atoms with Crippen LogP contribution >= 0.6 is 11.6 Å². The molecule has 0 unspecified atom stereocenters. The summed E-state index contributed by atoms with van der Waals surface area (Å²) < 4.78 is 5.55. The van der Waals surface area contributed by atoms with Gasteiger partial charge in [0.15, 0.2) is 0 Å². The second-order valence-electron chi connectivity index (χ2n) is 4.50. The van der Waals surface area contributed by atoms with Crippen molar-refractivity contribution in [1.29, 1.82) is 0 Å². The minimum atomic E-state index is -0.669.